The highest BCUT2D eigenvalue weighted by molar-refractivity contribution is 7.55. The molecule has 0 amide bonds. The summed E-state index contributed by atoms with van der Waals surface area (Å²) in [6.07, 6.45) is 7.31. The molecule has 1 aromatic rings. The first kappa shape index (κ1) is 22.8. The van der Waals surface area contributed by atoms with E-state index in [4.69, 9.17) is 9.05 Å². The molecule has 146 valence electrons. The van der Waals surface area contributed by atoms with Gasteiger partial charge in [-0.3, -0.25) is 4.57 Å². The van der Waals surface area contributed by atoms with Gasteiger partial charge in [0.2, 0.25) is 0 Å². The maximum absolute atomic E-state index is 15.6. The van der Waals surface area contributed by atoms with Crippen molar-refractivity contribution < 1.29 is 18.0 Å². The monoisotopic (exact) mass is 383 g/mol. The first-order valence-corrected chi connectivity index (χ1v) is 11.1. The van der Waals surface area contributed by atoms with E-state index in [1.807, 2.05) is 0 Å². The lowest BCUT2D eigenvalue weighted by Gasteiger charge is -2.28. The van der Waals surface area contributed by atoms with E-state index in [2.05, 4.69) is 13.8 Å². The topological polar surface area (TPSA) is 59.3 Å². The molecule has 0 aromatic heterocycles. The SMILES string of the molecule is CCCCCCOP(=O)(OCCCCCC)C(F)(C#N)c1ccccc1. The Hall–Kier alpha value is -1.21. The van der Waals surface area contributed by atoms with Crippen LogP contribution in [0.2, 0.25) is 0 Å². The molecule has 0 fully saturated rings. The number of halogens is 1. The molecule has 1 rings (SSSR count). The van der Waals surface area contributed by atoms with Crippen molar-refractivity contribution in [2.45, 2.75) is 70.6 Å². The largest absolute Gasteiger partial charge is 0.386 e. The molecule has 1 unspecified atom stereocenters. The number of alkyl halides is 1. The van der Waals surface area contributed by atoms with Crippen molar-refractivity contribution in [3.63, 3.8) is 0 Å². The van der Waals surface area contributed by atoms with Crippen LogP contribution < -0.4 is 0 Å². The fraction of sp³-hybridized carbons (Fsp3) is 0.650. The summed E-state index contributed by atoms with van der Waals surface area (Å²) in [6, 6.07) is 9.36. The fourth-order valence-corrected chi connectivity index (χ4v) is 4.34. The predicted octanol–water partition coefficient (Wildman–Crippen LogP) is 6.72. The van der Waals surface area contributed by atoms with Gasteiger partial charge in [-0.05, 0) is 12.8 Å². The second-order valence-corrected chi connectivity index (χ2v) is 8.51. The molecular formula is C20H31FNO3P. The third-order valence-electron chi connectivity index (χ3n) is 4.20. The molecule has 0 bridgehead atoms. The minimum Gasteiger partial charge on any atom is -0.305 e. The molecule has 0 saturated carbocycles. The van der Waals surface area contributed by atoms with Crippen molar-refractivity contribution in [3.8, 4) is 6.07 Å². The van der Waals surface area contributed by atoms with Crippen LogP contribution in [0.25, 0.3) is 0 Å². The zero-order chi connectivity index (χ0) is 19.3. The van der Waals surface area contributed by atoms with Crippen molar-refractivity contribution in [2.24, 2.45) is 0 Å². The lowest BCUT2D eigenvalue weighted by molar-refractivity contribution is 0.153. The molecule has 0 aliphatic carbocycles. The van der Waals surface area contributed by atoms with Crippen molar-refractivity contribution in [1.82, 2.24) is 0 Å². The summed E-state index contributed by atoms with van der Waals surface area (Å²) in [4.78, 5) is 0. The molecular weight excluding hydrogens is 352 g/mol. The molecule has 26 heavy (non-hydrogen) atoms. The van der Waals surface area contributed by atoms with Crippen LogP contribution >= 0.6 is 7.60 Å². The number of rotatable bonds is 14. The molecule has 0 aliphatic heterocycles. The van der Waals surface area contributed by atoms with Crippen LogP contribution in [0, 0.1) is 11.3 Å². The lowest BCUT2D eigenvalue weighted by Crippen LogP contribution is -2.22. The molecule has 0 aliphatic rings. The zero-order valence-electron chi connectivity index (χ0n) is 16.0. The fourth-order valence-electron chi connectivity index (χ4n) is 2.59. The summed E-state index contributed by atoms with van der Waals surface area (Å²) < 4.78 is 39.7. The third-order valence-corrected chi connectivity index (χ3v) is 6.36. The van der Waals surface area contributed by atoms with Crippen LogP contribution in [0.4, 0.5) is 4.39 Å². The standard InChI is InChI=1S/C20H31FNO3P/c1-3-5-7-12-16-24-26(23,25-17-13-8-6-4-2)20(21,18-22)19-14-10-9-11-15-19/h9-11,14-15H,3-8,12-13,16-17H2,1-2H3. The minimum atomic E-state index is -4.29. The predicted molar refractivity (Wildman–Crippen MR) is 103 cm³/mol. The van der Waals surface area contributed by atoms with Gasteiger partial charge in [-0.15, -0.1) is 0 Å². The van der Waals surface area contributed by atoms with Gasteiger partial charge in [0.25, 0.3) is 0 Å². The summed E-state index contributed by atoms with van der Waals surface area (Å²) in [5.74, 6) is 0. The van der Waals surface area contributed by atoms with Gasteiger partial charge in [-0.2, -0.15) is 5.26 Å². The zero-order valence-corrected chi connectivity index (χ0v) is 16.8. The summed E-state index contributed by atoms with van der Waals surface area (Å²) >= 11 is 0. The Balaban J connectivity index is 2.90. The van der Waals surface area contributed by atoms with Crippen molar-refractivity contribution in [1.29, 1.82) is 5.26 Å². The van der Waals surface area contributed by atoms with Gasteiger partial charge in [0.05, 0.1) is 13.2 Å². The highest BCUT2D eigenvalue weighted by Gasteiger charge is 2.54. The Kier molecular flexibility index (Phi) is 10.7. The summed E-state index contributed by atoms with van der Waals surface area (Å²) in [5, 5.41) is 6.70. The summed E-state index contributed by atoms with van der Waals surface area (Å²) in [5.41, 5.74) is 0.00736. The molecule has 0 heterocycles. The normalized spacial score (nSPS) is 13.9. The first-order valence-electron chi connectivity index (χ1n) is 9.59. The number of nitrogens with zero attached hydrogens (tertiary/aromatic N) is 1. The Morgan fingerprint density at radius 2 is 1.46 bits per heavy atom. The highest BCUT2D eigenvalue weighted by Crippen LogP contribution is 2.65. The summed E-state index contributed by atoms with van der Waals surface area (Å²) in [7, 11) is -4.29. The summed E-state index contributed by atoms with van der Waals surface area (Å²) in [6.45, 7) is 4.41. The number of hydrogen-bond donors (Lipinski definition) is 0. The van der Waals surface area contributed by atoms with E-state index in [1.54, 1.807) is 24.3 Å². The lowest BCUT2D eigenvalue weighted by atomic mass is 10.1. The molecule has 1 aromatic carbocycles. The number of unbranched alkanes of at least 4 members (excludes halogenated alkanes) is 6. The number of hydrogen-bond acceptors (Lipinski definition) is 4. The maximum Gasteiger partial charge on any atom is 0.386 e. The number of benzene rings is 1. The second-order valence-electron chi connectivity index (χ2n) is 6.39. The van der Waals surface area contributed by atoms with Crippen LogP contribution in [-0.4, -0.2) is 13.2 Å². The van der Waals surface area contributed by atoms with Gasteiger partial charge in [0.15, 0.2) is 0 Å². The first-order chi connectivity index (χ1) is 12.5. The Labute approximate surface area is 157 Å². The molecule has 0 spiro atoms. The van der Waals surface area contributed by atoms with Gasteiger partial charge in [-0.25, -0.2) is 4.39 Å². The van der Waals surface area contributed by atoms with Crippen LogP contribution in [0.5, 0.6) is 0 Å². The van der Waals surface area contributed by atoms with Crippen molar-refractivity contribution in [3.05, 3.63) is 35.9 Å². The van der Waals surface area contributed by atoms with Gasteiger partial charge in [-0.1, -0.05) is 82.7 Å². The Morgan fingerprint density at radius 3 is 1.88 bits per heavy atom. The number of nitriles is 1. The highest BCUT2D eigenvalue weighted by atomic mass is 31.2. The van der Waals surface area contributed by atoms with E-state index in [-0.39, 0.29) is 18.8 Å². The van der Waals surface area contributed by atoms with E-state index in [1.165, 1.54) is 12.1 Å². The Morgan fingerprint density at radius 1 is 0.962 bits per heavy atom. The van der Waals surface area contributed by atoms with Gasteiger partial charge in [0.1, 0.15) is 6.07 Å². The van der Waals surface area contributed by atoms with Crippen LogP contribution in [-0.2, 0) is 19.0 Å². The van der Waals surface area contributed by atoms with E-state index >= 15 is 4.39 Å². The van der Waals surface area contributed by atoms with E-state index < -0.39 is 13.0 Å². The molecule has 1 atom stereocenters. The van der Waals surface area contributed by atoms with Crippen LogP contribution in [0.15, 0.2) is 30.3 Å². The smallest absolute Gasteiger partial charge is 0.305 e. The second kappa shape index (κ2) is 12.2. The Bertz CT molecular complexity index is 572. The molecule has 6 heteroatoms. The van der Waals surface area contributed by atoms with E-state index in [9.17, 15) is 9.83 Å². The minimum absolute atomic E-state index is 0.00736. The molecule has 4 nitrogen and oxygen atoms in total. The van der Waals surface area contributed by atoms with Crippen molar-refractivity contribution >= 4 is 7.60 Å². The van der Waals surface area contributed by atoms with Gasteiger partial charge < -0.3 is 9.05 Å². The average Bonchev–Trinajstić information content (AvgIpc) is 2.67. The van der Waals surface area contributed by atoms with E-state index in [0.29, 0.717) is 12.8 Å². The molecule has 0 N–H and O–H groups in total. The average molecular weight is 383 g/mol. The van der Waals surface area contributed by atoms with Crippen molar-refractivity contribution in [2.75, 3.05) is 13.2 Å². The van der Waals surface area contributed by atoms with Crippen LogP contribution in [0.1, 0.15) is 70.8 Å². The quantitative estimate of drug-likeness (QED) is 0.264. The van der Waals surface area contributed by atoms with Gasteiger partial charge in [0, 0.05) is 5.56 Å². The maximum atomic E-state index is 15.6. The van der Waals surface area contributed by atoms with Gasteiger partial charge >= 0.3 is 13.0 Å². The molecule has 0 saturated heterocycles. The van der Waals surface area contributed by atoms with E-state index in [0.717, 1.165) is 38.5 Å². The third kappa shape index (κ3) is 6.50. The van der Waals surface area contributed by atoms with Crippen LogP contribution in [0.3, 0.4) is 0 Å². The molecule has 0 radical (unpaired) electrons.